The molecule has 0 aliphatic carbocycles. The van der Waals surface area contributed by atoms with Gasteiger partial charge in [0.05, 0.1) is 11.2 Å². The Morgan fingerprint density at radius 1 is 1.69 bits per heavy atom. The largest absolute Gasteiger partial charge is 0.250 e. The van der Waals surface area contributed by atoms with E-state index in [0.29, 0.717) is 5.25 Å². The first-order valence-electron chi connectivity index (χ1n) is 4.56. The summed E-state index contributed by atoms with van der Waals surface area (Å²) in [6, 6.07) is 0. The highest BCUT2D eigenvalue weighted by molar-refractivity contribution is 7.99. The first-order chi connectivity index (χ1) is 6.25. The Morgan fingerprint density at radius 3 is 3.00 bits per heavy atom. The number of hydrogen-bond acceptors (Lipinski definition) is 3. The summed E-state index contributed by atoms with van der Waals surface area (Å²) >= 11 is 3.77. The van der Waals surface area contributed by atoms with E-state index in [1.54, 1.807) is 11.3 Å². The number of nitrogens with zero attached hydrogens (tertiary/aromatic N) is 1. The zero-order valence-corrected chi connectivity index (χ0v) is 9.88. The van der Waals surface area contributed by atoms with Crippen LogP contribution in [0.5, 0.6) is 0 Å². The first-order valence-corrected chi connectivity index (χ1v) is 6.49. The summed E-state index contributed by atoms with van der Waals surface area (Å²) in [5, 5.41) is 0.596. The van der Waals surface area contributed by atoms with E-state index < -0.39 is 0 Å². The van der Waals surface area contributed by atoms with Crippen molar-refractivity contribution in [3.8, 4) is 0 Å². The number of aryl methyl sites for hydroxylation is 1. The van der Waals surface area contributed by atoms with Crippen LogP contribution in [0.25, 0.3) is 0 Å². The van der Waals surface area contributed by atoms with Crippen molar-refractivity contribution in [1.29, 1.82) is 0 Å². The molecule has 1 radical (unpaired) electrons. The molecular formula is C10H16NS2. The van der Waals surface area contributed by atoms with Crippen LogP contribution in [0.4, 0.5) is 0 Å². The molecule has 1 nitrogen and oxygen atoms in total. The van der Waals surface area contributed by atoms with Crippen LogP contribution in [0.1, 0.15) is 35.6 Å². The summed E-state index contributed by atoms with van der Waals surface area (Å²) in [4.78, 5) is 5.68. The van der Waals surface area contributed by atoms with E-state index in [4.69, 9.17) is 0 Å². The molecule has 73 valence electrons. The molecule has 0 saturated carbocycles. The zero-order chi connectivity index (χ0) is 9.68. The van der Waals surface area contributed by atoms with Gasteiger partial charge >= 0.3 is 0 Å². The van der Waals surface area contributed by atoms with Crippen LogP contribution in [-0.4, -0.2) is 10.7 Å². The van der Waals surface area contributed by atoms with E-state index in [2.05, 4.69) is 25.8 Å². The molecule has 0 aliphatic heterocycles. The normalized spacial score (nSPS) is 13.2. The first kappa shape index (κ1) is 11.1. The monoisotopic (exact) mass is 214 g/mol. The number of thiazole rings is 1. The van der Waals surface area contributed by atoms with Crippen molar-refractivity contribution < 1.29 is 0 Å². The van der Waals surface area contributed by atoms with E-state index in [1.165, 1.54) is 22.7 Å². The van der Waals surface area contributed by atoms with Gasteiger partial charge in [0.25, 0.3) is 0 Å². The third-order valence-electron chi connectivity index (χ3n) is 1.91. The predicted octanol–water partition coefficient (Wildman–Crippen LogP) is 3.86. The molecule has 0 fully saturated rings. The lowest BCUT2D eigenvalue weighted by atomic mass is 10.3. The highest BCUT2D eigenvalue weighted by Crippen LogP contribution is 2.33. The fraction of sp³-hybridized carbons (Fsp3) is 0.600. The molecule has 0 bridgehead atoms. The van der Waals surface area contributed by atoms with E-state index in [0.717, 1.165) is 6.42 Å². The Bertz CT molecular complexity index is 245. The Morgan fingerprint density at radius 2 is 2.46 bits per heavy atom. The summed E-state index contributed by atoms with van der Waals surface area (Å²) in [6.45, 7) is 8.19. The van der Waals surface area contributed by atoms with Gasteiger partial charge in [0.1, 0.15) is 0 Å². The van der Waals surface area contributed by atoms with Gasteiger partial charge in [0.2, 0.25) is 0 Å². The molecule has 0 spiro atoms. The lowest BCUT2D eigenvalue weighted by molar-refractivity contribution is 0.961. The standard InChI is InChI=1S/C10H16NS2/c1-4-5-6-12-9(3)10-8(2)11-7-13-10/h7,9H,1,4-6H2,2-3H3. The van der Waals surface area contributed by atoms with Crippen LogP contribution in [0.3, 0.4) is 0 Å². The molecule has 1 unspecified atom stereocenters. The summed E-state index contributed by atoms with van der Waals surface area (Å²) in [6.07, 6.45) is 2.26. The van der Waals surface area contributed by atoms with Crippen molar-refractivity contribution in [2.45, 2.75) is 31.9 Å². The van der Waals surface area contributed by atoms with Crippen LogP contribution in [0.15, 0.2) is 5.51 Å². The van der Waals surface area contributed by atoms with Crippen LogP contribution in [-0.2, 0) is 0 Å². The third kappa shape index (κ3) is 3.31. The van der Waals surface area contributed by atoms with Gasteiger partial charge in [-0.05, 0) is 26.0 Å². The number of unbranched alkanes of at least 4 members (excludes halogenated alkanes) is 1. The second kappa shape index (κ2) is 5.66. The maximum Gasteiger partial charge on any atom is 0.0797 e. The summed E-state index contributed by atoms with van der Waals surface area (Å²) < 4.78 is 0. The molecule has 0 aliphatic rings. The van der Waals surface area contributed by atoms with Crippen LogP contribution < -0.4 is 0 Å². The number of rotatable bonds is 5. The number of hydrogen-bond donors (Lipinski definition) is 0. The summed E-state index contributed by atoms with van der Waals surface area (Å²) in [5.41, 5.74) is 3.13. The minimum Gasteiger partial charge on any atom is -0.250 e. The topological polar surface area (TPSA) is 12.9 Å². The van der Waals surface area contributed by atoms with Gasteiger partial charge in [0, 0.05) is 10.1 Å². The lowest BCUT2D eigenvalue weighted by Gasteiger charge is -2.08. The molecule has 3 heteroatoms. The highest BCUT2D eigenvalue weighted by atomic mass is 32.2. The van der Waals surface area contributed by atoms with E-state index >= 15 is 0 Å². The van der Waals surface area contributed by atoms with Gasteiger partial charge in [-0.25, -0.2) is 4.98 Å². The van der Waals surface area contributed by atoms with Crippen LogP contribution in [0.2, 0.25) is 0 Å². The van der Waals surface area contributed by atoms with E-state index in [1.807, 2.05) is 17.3 Å². The molecule has 1 aromatic heterocycles. The van der Waals surface area contributed by atoms with Crippen LogP contribution >= 0.6 is 23.1 Å². The quantitative estimate of drug-likeness (QED) is 0.690. The predicted molar refractivity (Wildman–Crippen MR) is 62.3 cm³/mol. The fourth-order valence-electron chi connectivity index (χ4n) is 1.14. The Balaban J connectivity index is 2.39. The van der Waals surface area contributed by atoms with Gasteiger partial charge in [-0.2, -0.15) is 11.8 Å². The van der Waals surface area contributed by atoms with Gasteiger partial charge in [-0.3, -0.25) is 0 Å². The third-order valence-corrected chi connectivity index (χ3v) is 4.44. The molecule has 0 aromatic carbocycles. The maximum absolute atomic E-state index is 4.26. The molecular weight excluding hydrogens is 198 g/mol. The van der Waals surface area contributed by atoms with Crippen molar-refractivity contribution in [2.24, 2.45) is 0 Å². The van der Waals surface area contributed by atoms with Gasteiger partial charge in [0.15, 0.2) is 0 Å². The van der Waals surface area contributed by atoms with Crippen molar-refractivity contribution in [3.63, 3.8) is 0 Å². The molecule has 1 heterocycles. The molecule has 0 saturated heterocycles. The minimum atomic E-state index is 0.596. The Hall–Kier alpha value is -0.0200. The van der Waals surface area contributed by atoms with Gasteiger partial charge in [-0.15, -0.1) is 11.3 Å². The van der Waals surface area contributed by atoms with Gasteiger partial charge < -0.3 is 0 Å². The zero-order valence-electron chi connectivity index (χ0n) is 8.25. The average Bonchev–Trinajstić information content (AvgIpc) is 2.52. The van der Waals surface area contributed by atoms with E-state index in [-0.39, 0.29) is 0 Å². The van der Waals surface area contributed by atoms with Crippen molar-refractivity contribution in [2.75, 3.05) is 5.75 Å². The smallest absolute Gasteiger partial charge is 0.0797 e. The Kier molecular flexibility index (Phi) is 4.81. The maximum atomic E-state index is 4.26. The molecule has 1 atom stereocenters. The summed E-state index contributed by atoms with van der Waals surface area (Å²) in [7, 11) is 0. The number of aromatic nitrogens is 1. The molecule has 0 amide bonds. The van der Waals surface area contributed by atoms with Crippen molar-refractivity contribution >= 4 is 23.1 Å². The molecule has 0 N–H and O–H groups in total. The molecule has 13 heavy (non-hydrogen) atoms. The van der Waals surface area contributed by atoms with Crippen LogP contribution in [0, 0.1) is 13.8 Å². The summed E-state index contributed by atoms with van der Waals surface area (Å²) in [5.74, 6) is 1.21. The molecule has 1 aromatic rings. The van der Waals surface area contributed by atoms with Gasteiger partial charge in [-0.1, -0.05) is 13.3 Å². The second-order valence-electron chi connectivity index (χ2n) is 3.02. The fourth-order valence-corrected chi connectivity index (χ4v) is 3.30. The van der Waals surface area contributed by atoms with E-state index in [9.17, 15) is 0 Å². The lowest BCUT2D eigenvalue weighted by Crippen LogP contribution is -1.89. The SMILES string of the molecule is [CH2]CCCSC(C)c1scnc1C. The number of thioether (sulfide) groups is 1. The Labute approximate surface area is 89.0 Å². The molecule has 1 rings (SSSR count). The van der Waals surface area contributed by atoms with Crippen molar-refractivity contribution in [1.82, 2.24) is 4.98 Å². The van der Waals surface area contributed by atoms with Crippen molar-refractivity contribution in [3.05, 3.63) is 23.0 Å². The average molecular weight is 214 g/mol. The minimum absolute atomic E-state index is 0.596. The second-order valence-corrected chi connectivity index (χ2v) is 5.36. The highest BCUT2D eigenvalue weighted by Gasteiger charge is 2.10.